The van der Waals surface area contributed by atoms with Crippen molar-refractivity contribution in [3.05, 3.63) is 0 Å². The number of piperazine rings is 1. The topological polar surface area (TPSA) is 49.4 Å². The SMILES string of the molecule is CCC(C)C(C)N1C(=O)C(CC)(CC)NC(=O)C1CC. The molecule has 20 heavy (non-hydrogen) atoms. The van der Waals surface area contributed by atoms with E-state index >= 15 is 0 Å². The predicted octanol–water partition coefficient (Wildman–Crippen LogP) is 2.72. The molecule has 1 aliphatic rings. The van der Waals surface area contributed by atoms with Gasteiger partial charge in [-0.3, -0.25) is 9.59 Å². The minimum Gasteiger partial charge on any atom is -0.340 e. The van der Waals surface area contributed by atoms with Gasteiger partial charge in [0.15, 0.2) is 0 Å². The molecule has 0 spiro atoms. The van der Waals surface area contributed by atoms with Gasteiger partial charge in [0.1, 0.15) is 11.6 Å². The molecule has 1 aliphatic heterocycles. The highest BCUT2D eigenvalue weighted by Crippen LogP contribution is 2.30. The number of amides is 2. The van der Waals surface area contributed by atoms with Crippen LogP contribution in [0.2, 0.25) is 0 Å². The number of carbonyl (C=O) groups is 2. The second kappa shape index (κ2) is 6.59. The van der Waals surface area contributed by atoms with Crippen molar-refractivity contribution in [3.63, 3.8) is 0 Å². The molecule has 1 rings (SSSR count). The molecular weight excluding hydrogens is 252 g/mol. The first kappa shape index (κ1) is 17.0. The predicted molar refractivity (Wildman–Crippen MR) is 81.3 cm³/mol. The Morgan fingerprint density at radius 2 is 1.70 bits per heavy atom. The molecule has 2 amide bonds. The van der Waals surface area contributed by atoms with Gasteiger partial charge in [0, 0.05) is 6.04 Å². The Morgan fingerprint density at radius 1 is 1.15 bits per heavy atom. The van der Waals surface area contributed by atoms with Gasteiger partial charge in [-0.1, -0.05) is 41.0 Å². The Balaban J connectivity index is 3.19. The van der Waals surface area contributed by atoms with Crippen LogP contribution < -0.4 is 5.32 Å². The van der Waals surface area contributed by atoms with Crippen molar-refractivity contribution in [1.29, 1.82) is 0 Å². The van der Waals surface area contributed by atoms with Gasteiger partial charge in [-0.2, -0.15) is 0 Å². The lowest BCUT2D eigenvalue weighted by molar-refractivity contribution is -0.159. The zero-order chi connectivity index (χ0) is 15.5. The maximum atomic E-state index is 13.0. The summed E-state index contributed by atoms with van der Waals surface area (Å²) in [4.78, 5) is 27.3. The molecule has 0 aliphatic carbocycles. The van der Waals surface area contributed by atoms with Gasteiger partial charge in [0.25, 0.3) is 0 Å². The van der Waals surface area contributed by atoms with Crippen LogP contribution in [0.1, 0.15) is 67.2 Å². The maximum Gasteiger partial charge on any atom is 0.249 e. The highest BCUT2D eigenvalue weighted by atomic mass is 16.2. The van der Waals surface area contributed by atoms with Gasteiger partial charge in [0.05, 0.1) is 0 Å². The van der Waals surface area contributed by atoms with E-state index in [-0.39, 0.29) is 23.9 Å². The van der Waals surface area contributed by atoms with Crippen LogP contribution >= 0.6 is 0 Å². The number of hydrogen-bond acceptors (Lipinski definition) is 2. The van der Waals surface area contributed by atoms with E-state index in [4.69, 9.17) is 0 Å². The van der Waals surface area contributed by atoms with Crippen molar-refractivity contribution in [3.8, 4) is 0 Å². The summed E-state index contributed by atoms with van der Waals surface area (Å²) in [5, 5.41) is 2.99. The molecule has 1 heterocycles. The van der Waals surface area contributed by atoms with Crippen LogP contribution in [0.4, 0.5) is 0 Å². The third kappa shape index (κ3) is 2.70. The lowest BCUT2D eigenvalue weighted by Gasteiger charge is -2.49. The van der Waals surface area contributed by atoms with Gasteiger partial charge in [-0.05, 0) is 32.1 Å². The summed E-state index contributed by atoms with van der Waals surface area (Å²) in [5.74, 6) is 0.498. The first-order valence-corrected chi connectivity index (χ1v) is 8.03. The summed E-state index contributed by atoms with van der Waals surface area (Å²) in [6.07, 6.45) is 2.97. The number of nitrogens with one attached hydrogen (secondary N) is 1. The summed E-state index contributed by atoms with van der Waals surface area (Å²) in [6, 6.07) is -0.223. The van der Waals surface area contributed by atoms with E-state index in [1.807, 2.05) is 25.7 Å². The summed E-state index contributed by atoms with van der Waals surface area (Å²) in [7, 11) is 0. The summed E-state index contributed by atoms with van der Waals surface area (Å²) >= 11 is 0. The third-order valence-corrected chi connectivity index (χ3v) is 5.14. The van der Waals surface area contributed by atoms with Gasteiger partial charge in [0.2, 0.25) is 11.8 Å². The van der Waals surface area contributed by atoms with Crippen molar-refractivity contribution in [2.24, 2.45) is 5.92 Å². The van der Waals surface area contributed by atoms with Crippen LogP contribution in [0, 0.1) is 5.92 Å². The van der Waals surface area contributed by atoms with Crippen molar-refractivity contribution in [2.75, 3.05) is 0 Å². The fourth-order valence-electron chi connectivity index (χ4n) is 3.08. The standard InChI is InChI=1S/C16H30N2O2/c1-7-11(5)12(6)18-13(8-2)14(19)17-16(9-3,10-4)15(18)20/h11-13H,7-10H2,1-6H3,(H,17,19). The van der Waals surface area contributed by atoms with Crippen LogP contribution in [-0.2, 0) is 9.59 Å². The van der Waals surface area contributed by atoms with Crippen molar-refractivity contribution >= 4 is 11.8 Å². The molecule has 0 saturated carbocycles. The molecule has 0 radical (unpaired) electrons. The zero-order valence-corrected chi connectivity index (χ0v) is 13.8. The molecule has 0 bridgehead atoms. The highest BCUT2D eigenvalue weighted by Gasteiger charge is 2.50. The molecule has 3 unspecified atom stereocenters. The van der Waals surface area contributed by atoms with Crippen LogP contribution in [0.15, 0.2) is 0 Å². The zero-order valence-electron chi connectivity index (χ0n) is 13.8. The van der Waals surface area contributed by atoms with Crippen molar-refractivity contribution < 1.29 is 9.59 Å². The monoisotopic (exact) mass is 282 g/mol. The molecule has 1 fully saturated rings. The molecule has 1 saturated heterocycles. The lowest BCUT2D eigenvalue weighted by atomic mass is 9.84. The van der Waals surface area contributed by atoms with Crippen LogP contribution in [0.25, 0.3) is 0 Å². The van der Waals surface area contributed by atoms with Crippen molar-refractivity contribution in [2.45, 2.75) is 84.8 Å². The number of nitrogens with zero attached hydrogens (tertiary/aromatic N) is 1. The third-order valence-electron chi connectivity index (χ3n) is 5.14. The summed E-state index contributed by atoms with van der Waals surface area (Å²) in [5.41, 5.74) is -0.704. The smallest absolute Gasteiger partial charge is 0.249 e. The maximum absolute atomic E-state index is 13.0. The molecule has 0 aromatic carbocycles. The largest absolute Gasteiger partial charge is 0.340 e. The summed E-state index contributed by atoms with van der Waals surface area (Å²) < 4.78 is 0. The van der Waals surface area contributed by atoms with Gasteiger partial charge < -0.3 is 10.2 Å². The van der Waals surface area contributed by atoms with Gasteiger partial charge in [-0.15, -0.1) is 0 Å². The second-order valence-corrected chi connectivity index (χ2v) is 6.04. The Labute approximate surface area is 123 Å². The van der Waals surface area contributed by atoms with Crippen LogP contribution in [0.5, 0.6) is 0 Å². The van der Waals surface area contributed by atoms with E-state index in [0.29, 0.717) is 25.2 Å². The number of rotatable bonds is 6. The van der Waals surface area contributed by atoms with E-state index in [0.717, 1.165) is 6.42 Å². The Hall–Kier alpha value is -1.06. The highest BCUT2D eigenvalue weighted by molar-refractivity contribution is 6.00. The number of hydrogen-bond donors (Lipinski definition) is 1. The molecular formula is C16H30N2O2. The fraction of sp³-hybridized carbons (Fsp3) is 0.875. The number of carbonyl (C=O) groups excluding carboxylic acids is 2. The molecule has 4 heteroatoms. The summed E-state index contributed by atoms with van der Waals surface area (Å²) in [6.45, 7) is 12.3. The molecule has 4 nitrogen and oxygen atoms in total. The van der Waals surface area contributed by atoms with Crippen molar-refractivity contribution in [1.82, 2.24) is 10.2 Å². The lowest BCUT2D eigenvalue weighted by Crippen LogP contribution is -2.71. The van der Waals surface area contributed by atoms with Gasteiger partial charge in [-0.25, -0.2) is 0 Å². The van der Waals surface area contributed by atoms with E-state index in [2.05, 4.69) is 26.1 Å². The van der Waals surface area contributed by atoms with E-state index in [9.17, 15) is 9.59 Å². The quantitative estimate of drug-likeness (QED) is 0.814. The molecule has 0 aromatic rings. The Bertz CT molecular complexity index is 363. The minimum atomic E-state index is -0.704. The van der Waals surface area contributed by atoms with E-state index in [1.165, 1.54) is 0 Å². The fourth-order valence-corrected chi connectivity index (χ4v) is 3.08. The first-order valence-electron chi connectivity index (χ1n) is 8.03. The normalized spacial score (nSPS) is 25.3. The van der Waals surface area contributed by atoms with Gasteiger partial charge >= 0.3 is 0 Å². The average molecular weight is 282 g/mol. The molecule has 0 aromatic heterocycles. The first-order chi connectivity index (χ1) is 9.38. The Morgan fingerprint density at radius 3 is 2.10 bits per heavy atom. The van der Waals surface area contributed by atoms with E-state index in [1.54, 1.807) is 0 Å². The Kier molecular flexibility index (Phi) is 5.60. The van der Waals surface area contributed by atoms with Crippen LogP contribution in [-0.4, -0.2) is 34.3 Å². The van der Waals surface area contributed by atoms with E-state index < -0.39 is 5.54 Å². The molecule has 1 N–H and O–H groups in total. The van der Waals surface area contributed by atoms with Crippen LogP contribution in [0.3, 0.4) is 0 Å². The average Bonchev–Trinajstić information content (AvgIpc) is 2.47. The molecule has 116 valence electrons. The molecule has 3 atom stereocenters. The second-order valence-electron chi connectivity index (χ2n) is 6.04. The minimum absolute atomic E-state index is 0.00551.